The molecule has 0 radical (unpaired) electrons. The first-order valence-electron chi connectivity index (χ1n) is 6.70. The van der Waals surface area contributed by atoms with E-state index in [4.69, 9.17) is 20.9 Å². The van der Waals surface area contributed by atoms with Gasteiger partial charge in [0.15, 0.2) is 0 Å². The van der Waals surface area contributed by atoms with Crippen molar-refractivity contribution in [3.05, 3.63) is 58.1 Å². The molecule has 2 heterocycles. The van der Waals surface area contributed by atoms with Gasteiger partial charge in [0.25, 0.3) is 0 Å². The van der Waals surface area contributed by atoms with Crippen LogP contribution in [0.3, 0.4) is 0 Å². The van der Waals surface area contributed by atoms with Gasteiger partial charge in [0, 0.05) is 10.9 Å². The number of rotatable bonds is 3. The van der Waals surface area contributed by atoms with Gasteiger partial charge in [-0.25, -0.2) is 9.78 Å². The van der Waals surface area contributed by atoms with E-state index < -0.39 is 5.97 Å². The van der Waals surface area contributed by atoms with Crippen molar-refractivity contribution in [1.29, 1.82) is 0 Å². The zero-order chi connectivity index (χ0) is 15.7. The maximum atomic E-state index is 12.1. The third kappa shape index (κ3) is 2.67. The molecule has 0 bridgehead atoms. The van der Waals surface area contributed by atoms with Crippen LogP contribution in [0.5, 0.6) is 0 Å². The van der Waals surface area contributed by atoms with Crippen LogP contribution >= 0.6 is 11.6 Å². The molecule has 22 heavy (non-hydrogen) atoms. The maximum Gasteiger partial charge on any atom is 0.344 e. The van der Waals surface area contributed by atoms with Gasteiger partial charge >= 0.3 is 5.97 Å². The molecule has 0 fully saturated rings. The Balaban J connectivity index is 1.82. The predicted molar refractivity (Wildman–Crippen MR) is 81.8 cm³/mol. The first-order chi connectivity index (χ1) is 10.6. The Morgan fingerprint density at radius 3 is 2.82 bits per heavy atom. The van der Waals surface area contributed by atoms with Gasteiger partial charge < -0.3 is 9.26 Å². The first-order valence-corrected chi connectivity index (χ1v) is 7.08. The van der Waals surface area contributed by atoms with Crippen molar-refractivity contribution in [1.82, 2.24) is 10.1 Å². The summed E-state index contributed by atoms with van der Waals surface area (Å²) in [5.74, 6) is -0.0503. The van der Waals surface area contributed by atoms with Crippen molar-refractivity contribution in [2.24, 2.45) is 0 Å². The number of para-hydroxylation sites is 1. The smallest absolute Gasteiger partial charge is 0.344 e. The van der Waals surface area contributed by atoms with Gasteiger partial charge in [-0.15, -0.1) is 0 Å². The van der Waals surface area contributed by atoms with E-state index in [0.717, 1.165) is 10.9 Å². The molecule has 0 atom stereocenters. The highest BCUT2D eigenvalue weighted by Crippen LogP contribution is 2.22. The molecule has 3 aromatic rings. The summed E-state index contributed by atoms with van der Waals surface area (Å²) in [6.07, 6.45) is 0. The lowest BCUT2D eigenvalue weighted by molar-refractivity contribution is 0.0470. The number of hydrogen-bond donors (Lipinski definition) is 0. The fourth-order valence-electron chi connectivity index (χ4n) is 2.23. The molecule has 3 rings (SSSR count). The number of pyridine rings is 1. The Bertz CT molecular complexity index is 838. The van der Waals surface area contributed by atoms with Gasteiger partial charge in [-0.05, 0) is 26.0 Å². The van der Waals surface area contributed by atoms with E-state index in [1.54, 1.807) is 13.8 Å². The van der Waals surface area contributed by atoms with E-state index in [2.05, 4.69) is 10.1 Å². The molecule has 2 aromatic heterocycles. The van der Waals surface area contributed by atoms with E-state index in [9.17, 15) is 4.79 Å². The van der Waals surface area contributed by atoms with Crippen LogP contribution in [-0.2, 0) is 11.3 Å². The lowest BCUT2D eigenvalue weighted by Gasteiger charge is -2.07. The molecule has 0 aliphatic carbocycles. The van der Waals surface area contributed by atoms with Crippen LogP contribution in [0.1, 0.15) is 27.4 Å². The van der Waals surface area contributed by atoms with Crippen molar-refractivity contribution in [3.8, 4) is 0 Å². The quantitative estimate of drug-likeness (QED) is 0.542. The van der Waals surface area contributed by atoms with Crippen molar-refractivity contribution < 1.29 is 14.1 Å². The molecule has 0 unspecified atom stereocenters. The summed E-state index contributed by atoms with van der Waals surface area (Å²) in [5, 5.41) is 5.00. The zero-order valence-electron chi connectivity index (χ0n) is 12.1. The second-order valence-corrected chi connectivity index (χ2v) is 5.26. The number of carbonyl (C=O) groups excluding carboxylic acids is 1. The van der Waals surface area contributed by atoms with Gasteiger partial charge in [-0.1, -0.05) is 35.0 Å². The molecule has 0 saturated carbocycles. The van der Waals surface area contributed by atoms with E-state index in [-0.39, 0.29) is 6.61 Å². The molecule has 0 aliphatic heterocycles. The number of hydrogen-bond acceptors (Lipinski definition) is 5. The van der Waals surface area contributed by atoms with Crippen LogP contribution in [0, 0.1) is 13.8 Å². The highest BCUT2D eigenvalue weighted by atomic mass is 35.5. The summed E-state index contributed by atoms with van der Waals surface area (Å²) in [7, 11) is 0. The van der Waals surface area contributed by atoms with E-state index in [0.29, 0.717) is 27.7 Å². The van der Waals surface area contributed by atoms with Gasteiger partial charge in [0.05, 0.1) is 11.2 Å². The van der Waals surface area contributed by atoms with Crippen LogP contribution in [0.4, 0.5) is 0 Å². The second kappa shape index (κ2) is 5.77. The van der Waals surface area contributed by atoms with Crippen LogP contribution in [-0.4, -0.2) is 16.1 Å². The highest BCUT2D eigenvalue weighted by molar-refractivity contribution is 6.30. The summed E-state index contributed by atoms with van der Waals surface area (Å²) < 4.78 is 10.3. The van der Waals surface area contributed by atoms with Crippen LogP contribution in [0.25, 0.3) is 10.9 Å². The fourth-order valence-corrected chi connectivity index (χ4v) is 2.43. The standard InChI is InChI=1S/C16H13ClN2O3/c1-9-14(10(2)22-19-9)16(20)21-8-12-7-11-5-3-4-6-13(11)18-15(12)17/h3-7H,8H2,1-2H3. The van der Waals surface area contributed by atoms with Gasteiger partial charge in [-0.3, -0.25) is 0 Å². The molecular formula is C16H13ClN2O3. The molecule has 6 heteroatoms. The highest BCUT2D eigenvalue weighted by Gasteiger charge is 2.19. The van der Waals surface area contributed by atoms with Crippen molar-refractivity contribution in [2.75, 3.05) is 0 Å². The molecule has 0 spiro atoms. The third-order valence-corrected chi connectivity index (χ3v) is 3.67. The monoisotopic (exact) mass is 316 g/mol. The molecule has 112 valence electrons. The minimum atomic E-state index is -0.486. The average Bonchev–Trinajstić information content (AvgIpc) is 2.84. The maximum absolute atomic E-state index is 12.1. The minimum Gasteiger partial charge on any atom is -0.457 e. The largest absolute Gasteiger partial charge is 0.457 e. The molecule has 0 N–H and O–H groups in total. The third-order valence-electron chi connectivity index (χ3n) is 3.35. The number of aryl methyl sites for hydroxylation is 2. The normalized spacial score (nSPS) is 10.9. The summed E-state index contributed by atoms with van der Waals surface area (Å²) >= 11 is 6.14. The van der Waals surface area contributed by atoms with Crippen molar-refractivity contribution >= 4 is 28.5 Å². The Kier molecular flexibility index (Phi) is 3.81. The van der Waals surface area contributed by atoms with Crippen LogP contribution in [0.15, 0.2) is 34.9 Å². The lowest BCUT2D eigenvalue weighted by Crippen LogP contribution is -2.08. The van der Waals surface area contributed by atoms with Crippen molar-refractivity contribution in [2.45, 2.75) is 20.5 Å². The van der Waals surface area contributed by atoms with E-state index in [1.165, 1.54) is 0 Å². The Morgan fingerprint density at radius 2 is 2.09 bits per heavy atom. The molecule has 0 aliphatic rings. The fraction of sp³-hybridized carbons (Fsp3) is 0.188. The topological polar surface area (TPSA) is 65.2 Å². The van der Waals surface area contributed by atoms with Crippen molar-refractivity contribution in [3.63, 3.8) is 0 Å². The summed E-state index contributed by atoms with van der Waals surface area (Å²) in [4.78, 5) is 16.4. The van der Waals surface area contributed by atoms with Gasteiger partial charge in [0.1, 0.15) is 23.1 Å². The number of ether oxygens (including phenoxy) is 1. The number of carbonyl (C=O) groups is 1. The number of aromatic nitrogens is 2. The van der Waals surface area contributed by atoms with Crippen LogP contribution in [0.2, 0.25) is 5.15 Å². The van der Waals surface area contributed by atoms with Gasteiger partial charge in [-0.2, -0.15) is 0 Å². The second-order valence-electron chi connectivity index (χ2n) is 4.91. The number of nitrogens with zero attached hydrogens (tertiary/aromatic N) is 2. The zero-order valence-corrected chi connectivity index (χ0v) is 12.8. The molecule has 0 saturated heterocycles. The van der Waals surface area contributed by atoms with Gasteiger partial charge in [0.2, 0.25) is 0 Å². The molecule has 0 amide bonds. The summed E-state index contributed by atoms with van der Waals surface area (Å²) in [6.45, 7) is 3.40. The lowest BCUT2D eigenvalue weighted by atomic mass is 10.1. The SMILES string of the molecule is Cc1noc(C)c1C(=O)OCc1cc2ccccc2nc1Cl. The average molecular weight is 317 g/mol. The van der Waals surface area contributed by atoms with Crippen LogP contribution < -0.4 is 0 Å². The first kappa shape index (κ1) is 14.5. The number of esters is 1. The number of halogens is 1. The number of benzene rings is 1. The molecule has 1 aromatic carbocycles. The Morgan fingerprint density at radius 1 is 1.32 bits per heavy atom. The summed E-state index contributed by atoms with van der Waals surface area (Å²) in [5.41, 5.74) is 2.31. The van der Waals surface area contributed by atoms with E-state index in [1.807, 2.05) is 30.3 Å². The Labute approximate surface area is 131 Å². The molecule has 5 nitrogen and oxygen atoms in total. The molecular weight excluding hydrogens is 304 g/mol. The van der Waals surface area contributed by atoms with E-state index >= 15 is 0 Å². The minimum absolute atomic E-state index is 0.0412. The summed E-state index contributed by atoms with van der Waals surface area (Å²) in [6, 6.07) is 9.48. The number of fused-ring (bicyclic) bond motifs is 1. The predicted octanol–water partition coefficient (Wildman–Crippen LogP) is 3.85. The Hall–Kier alpha value is -2.40.